The first-order valence-corrected chi connectivity index (χ1v) is 36.5. The van der Waals surface area contributed by atoms with E-state index in [0.29, 0.717) is 45.4 Å². The van der Waals surface area contributed by atoms with Crippen LogP contribution in [0, 0.1) is 34.9 Å². The van der Waals surface area contributed by atoms with Crippen molar-refractivity contribution in [1.29, 1.82) is 0 Å². The number of carboxylic acid groups (broad SMARTS) is 2. The summed E-state index contributed by atoms with van der Waals surface area (Å²) in [6, 6.07) is 77.1. The molecule has 0 aliphatic carbocycles. The summed E-state index contributed by atoms with van der Waals surface area (Å²) in [4.78, 5) is 101. The van der Waals surface area contributed by atoms with Crippen LogP contribution in [-0.4, -0.2) is 103 Å². The number of benzene rings is 10. The van der Waals surface area contributed by atoms with Crippen molar-refractivity contribution < 1.29 is 62.8 Å². The molecule has 0 unspecified atom stereocenters. The number of nitrogens with one attached hydrogen (secondary N) is 1. The minimum Gasteiger partial charge on any atom is -0.478 e. The number of aliphatic imine (C=N–C) groups is 1. The standard InChI is InChI=1S/C26H19NO2.C17H14INO4.C17H12INO2S.C10H11NO3.C9H8.C7H5IO2.ClH/c28-26(29)22-14-12-21(13-15-22)24-17-25(27-18-24)23-11-5-10-20(16-23)9-4-8-19-6-2-1-3-7-19;1-23-17(22)12-7-5-11(6-8-12)15(20)10-19-16(21)13-3-2-4-14(18)9-13;1-21-17(20)12-7-5-11(6-8-12)15-10-19-16(22-15)13-3-2-4-14(18)9-13;1-14-10(13)8-4-2-7(3-5-8)9(12)6-11;1-2-6-9-7-4-3-5-8-9;8-6-3-1-2-5(4-6)7(9)10;/h1-3,5-7,10-16,18H,8,17H2,(H,28,29);2-9H,10H2,1H3,(H,19,21);2-10H,1H3;2-5H,6,11H2,1H3;1,3-5,7-8H,6H2;1-4H,(H,9,10);1H. The molecule has 0 atom stereocenters. The number of carboxylic acids is 2. The van der Waals surface area contributed by atoms with Crippen molar-refractivity contribution in [3.8, 4) is 45.2 Å². The van der Waals surface area contributed by atoms with Crippen molar-refractivity contribution in [3.05, 3.63) is 350 Å². The van der Waals surface area contributed by atoms with Gasteiger partial charge in [-0.1, -0.05) is 157 Å². The zero-order chi connectivity index (χ0) is 77.0. The lowest BCUT2D eigenvalue weighted by Gasteiger charge is -2.06. The fraction of sp³-hybridized carbons (Fsp3) is 0.0930. The van der Waals surface area contributed by atoms with Gasteiger partial charge in [0.05, 0.1) is 72.8 Å². The number of aromatic carboxylic acids is 2. The molecule has 0 fully saturated rings. The number of hydrogen-bond donors (Lipinski definition) is 4. The Labute approximate surface area is 677 Å². The Bertz CT molecular complexity index is 5040. The van der Waals surface area contributed by atoms with Gasteiger partial charge in [0.15, 0.2) is 11.6 Å². The Kier molecular flexibility index (Phi) is 36.2. The van der Waals surface area contributed by atoms with E-state index in [1.165, 1.54) is 72.4 Å². The van der Waals surface area contributed by atoms with Gasteiger partial charge in [-0.3, -0.25) is 19.4 Å². The normalized spacial score (nSPS) is 10.4. The van der Waals surface area contributed by atoms with Gasteiger partial charge >= 0.3 is 29.8 Å². The minimum atomic E-state index is -0.918. The van der Waals surface area contributed by atoms with E-state index in [4.69, 9.17) is 27.1 Å². The Morgan fingerprint density at radius 1 is 0.491 bits per heavy atom. The van der Waals surface area contributed by atoms with Crippen LogP contribution in [0.15, 0.2) is 272 Å². The lowest BCUT2D eigenvalue weighted by Crippen LogP contribution is -2.29. The summed E-state index contributed by atoms with van der Waals surface area (Å²) in [7, 11) is 3.98. The molecule has 546 valence electrons. The molecule has 0 radical (unpaired) electrons. The lowest BCUT2D eigenvalue weighted by atomic mass is 9.98. The number of terminal acetylenes is 1. The molecule has 22 heteroatoms. The maximum Gasteiger partial charge on any atom is 0.337 e. The number of esters is 3. The Hall–Kier alpha value is -11.0. The molecule has 1 aliphatic heterocycles. The summed E-state index contributed by atoms with van der Waals surface area (Å²) < 4.78 is 16.9. The molecule has 0 bridgehead atoms. The van der Waals surface area contributed by atoms with E-state index in [1.807, 2.05) is 122 Å². The van der Waals surface area contributed by atoms with Crippen LogP contribution in [0.1, 0.15) is 117 Å². The van der Waals surface area contributed by atoms with Gasteiger partial charge in [0, 0.05) is 70.2 Å². The van der Waals surface area contributed by atoms with E-state index >= 15 is 0 Å². The van der Waals surface area contributed by atoms with Gasteiger partial charge in [0.1, 0.15) is 5.01 Å². The first kappa shape index (κ1) is 85.9. The van der Waals surface area contributed by atoms with Gasteiger partial charge < -0.3 is 35.5 Å². The zero-order valence-corrected chi connectivity index (χ0v) is 66.4. The van der Waals surface area contributed by atoms with Gasteiger partial charge in [-0.2, -0.15) is 0 Å². The maximum absolute atomic E-state index is 12.1. The highest BCUT2D eigenvalue weighted by atomic mass is 127. The van der Waals surface area contributed by atoms with Crippen molar-refractivity contribution in [3.63, 3.8) is 0 Å². The van der Waals surface area contributed by atoms with E-state index in [2.05, 4.69) is 147 Å². The third kappa shape index (κ3) is 28.0. The maximum atomic E-state index is 12.1. The van der Waals surface area contributed by atoms with Crippen molar-refractivity contribution in [2.24, 2.45) is 10.7 Å². The largest absolute Gasteiger partial charge is 0.478 e. The molecule has 0 saturated heterocycles. The summed E-state index contributed by atoms with van der Waals surface area (Å²) in [6.45, 7) is -0.139. The number of methoxy groups -OCH3 is 3. The number of rotatable bonds is 17. The molecule has 2 heterocycles. The number of amides is 1. The second kappa shape index (κ2) is 45.5. The molecular weight excluding hydrogens is 1750 g/mol. The Morgan fingerprint density at radius 3 is 1.44 bits per heavy atom. The number of carbonyl (C=O) groups is 8. The number of carbonyl (C=O) groups excluding carboxylic acids is 6. The number of ketones is 2. The molecule has 0 saturated carbocycles. The van der Waals surface area contributed by atoms with E-state index in [0.717, 1.165) is 69.0 Å². The number of thiazole rings is 1. The van der Waals surface area contributed by atoms with Crippen LogP contribution in [0.5, 0.6) is 0 Å². The second-order valence-corrected chi connectivity index (χ2v) is 27.3. The third-order valence-corrected chi connectivity index (χ3v) is 18.2. The number of hydrogen-bond acceptors (Lipinski definition) is 15. The Morgan fingerprint density at radius 2 is 0.944 bits per heavy atom. The van der Waals surface area contributed by atoms with E-state index in [-0.39, 0.29) is 54.5 Å². The van der Waals surface area contributed by atoms with Crippen LogP contribution in [0.25, 0.3) is 26.6 Å². The van der Waals surface area contributed by atoms with Crippen LogP contribution in [0.4, 0.5) is 0 Å². The molecule has 12 rings (SSSR count). The number of allylic oxidation sites excluding steroid dienone is 1. The predicted molar refractivity (Wildman–Crippen MR) is 450 cm³/mol. The highest BCUT2D eigenvalue weighted by Gasteiger charge is 2.17. The van der Waals surface area contributed by atoms with Gasteiger partial charge in [-0.15, -0.1) is 36.1 Å². The first-order chi connectivity index (χ1) is 51.7. The van der Waals surface area contributed by atoms with E-state index < -0.39 is 23.9 Å². The number of nitrogens with zero attached hydrogens (tertiary/aromatic N) is 2. The van der Waals surface area contributed by atoms with Crippen molar-refractivity contribution in [2.75, 3.05) is 34.4 Å². The summed E-state index contributed by atoms with van der Waals surface area (Å²) in [6.07, 6.45) is 11.0. The monoisotopic (exact) mass is 1810 g/mol. The number of ether oxygens (including phenoxy) is 3. The number of halogens is 4. The molecule has 1 aromatic heterocycles. The summed E-state index contributed by atoms with van der Waals surface area (Å²) in [5.41, 5.74) is 18.3. The molecule has 0 spiro atoms. The van der Waals surface area contributed by atoms with Crippen LogP contribution >= 0.6 is 91.5 Å². The van der Waals surface area contributed by atoms with E-state index in [9.17, 15) is 38.4 Å². The smallest absolute Gasteiger partial charge is 0.337 e. The summed E-state index contributed by atoms with van der Waals surface area (Å²) in [5.74, 6) is 5.37. The molecule has 108 heavy (non-hydrogen) atoms. The molecule has 17 nitrogen and oxygen atoms in total. The van der Waals surface area contributed by atoms with Crippen LogP contribution in [-0.2, 0) is 27.1 Å². The molecule has 5 N–H and O–H groups in total. The molecule has 1 amide bonds. The van der Waals surface area contributed by atoms with Crippen molar-refractivity contribution in [2.45, 2.75) is 19.3 Å². The summed E-state index contributed by atoms with van der Waals surface area (Å²) in [5, 5.41) is 21.1. The van der Waals surface area contributed by atoms with E-state index in [1.54, 1.807) is 84.1 Å². The highest BCUT2D eigenvalue weighted by molar-refractivity contribution is 14.1. The zero-order valence-electron chi connectivity index (χ0n) is 58.3. The first-order valence-electron chi connectivity index (χ1n) is 32.5. The third-order valence-electron chi connectivity index (χ3n) is 15.1. The molecule has 10 aromatic carbocycles. The number of aromatic nitrogens is 1. The van der Waals surface area contributed by atoms with Crippen LogP contribution < -0.4 is 11.1 Å². The average Bonchev–Trinajstić information content (AvgIpc) is 1.67. The van der Waals surface area contributed by atoms with Gasteiger partial charge in [-0.25, -0.2) is 29.0 Å². The van der Waals surface area contributed by atoms with Gasteiger partial charge in [0.2, 0.25) is 0 Å². The quantitative estimate of drug-likeness (QED) is 0.0217. The minimum absolute atomic E-state index is 0. The molecular formula is C86H70ClI3N4O13S. The molecule has 1 aliphatic rings. The second-order valence-electron chi connectivity index (χ2n) is 22.5. The average molecular weight is 1820 g/mol. The fourth-order valence-corrected chi connectivity index (χ4v) is 12.1. The van der Waals surface area contributed by atoms with Crippen molar-refractivity contribution >= 4 is 150 Å². The summed E-state index contributed by atoms with van der Waals surface area (Å²) >= 11 is 8.13. The van der Waals surface area contributed by atoms with Crippen molar-refractivity contribution in [1.82, 2.24) is 10.3 Å². The van der Waals surface area contributed by atoms with Gasteiger partial charge in [0.25, 0.3) is 5.91 Å². The van der Waals surface area contributed by atoms with Crippen LogP contribution in [0.3, 0.4) is 0 Å². The lowest BCUT2D eigenvalue weighted by molar-refractivity contribution is 0.0592. The fourth-order valence-electron chi connectivity index (χ4n) is 9.55. The number of nitrogens with two attached hydrogens (primary N) is 1. The number of Topliss-reactive ketones (excluding diaryl/α,β-unsaturated/α-hetero) is 2. The predicted octanol–water partition coefficient (Wildman–Crippen LogP) is 17.7. The highest BCUT2D eigenvalue weighted by Crippen LogP contribution is 2.33. The van der Waals surface area contributed by atoms with Gasteiger partial charge in [-0.05, 0) is 210 Å². The molecule has 11 aromatic rings. The Balaban J connectivity index is 0.000000211. The van der Waals surface area contributed by atoms with Crippen LogP contribution in [0.2, 0.25) is 0 Å². The topological polar surface area (TPSA) is 268 Å². The SMILES string of the molecule is C#CCc1ccccc1.COC(=O)c1ccc(-c2cnc(-c3cccc(I)c3)s2)cc1.COC(=O)c1ccc(C(=O)CN)cc1.COC(=O)c1ccc(C(=O)CNC(=O)c2cccc(I)c2)cc1.Cl.O=C(O)c1ccc(C2=CN=C(c3cccc(C#CCc4ccccc4)c3)C2)cc1.O=C(O)c1cccc(I)c1.